The third-order valence-corrected chi connectivity index (χ3v) is 5.11. The standard InChI is InChI=1S/C23H24N4O2/c28-22(13-8-18-16-24-27(17-18)21-6-2-1-3-7-21)25-20-11-9-19(10-12-20)23(29)26-14-4-5-15-26/h1-3,6-7,9-12,16-17H,4-5,8,13-15H2,(H,25,28). The van der Waals surface area contributed by atoms with E-state index in [1.165, 1.54) is 0 Å². The molecule has 0 spiro atoms. The maximum Gasteiger partial charge on any atom is 0.253 e. The van der Waals surface area contributed by atoms with Crippen LogP contribution in [0.5, 0.6) is 0 Å². The number of benzene rings is 2. The normalized spacial score (nSPS) is 13.4. The van der Waals surface area contributed by atoms with Gasteiger partial charge in [-0.05, 0) is 61.2 Å². The highest BCUT2D eigenvalue weighted by atomic mass is 16.2. The summed E-state index contributed by atoms with van der Waals surface area (Å²) in [5.41, 5.74) is 3.37. The van der Waals surface area contributed by atoms with Gasteiger partial charge in [0.2, 0.25) is 5.91 Å². The van der Waals surface area contributed by atoms with Gasteiger partial charge >= 0.3 is 0 Å². The lowest BCUT2D eigenvalue weighted by molar-refractivity contribution is -0.116. The molecule has 2 amide bonds. The molecule has 148 valence electrons. The first-order valence-electron chi connectivity index (χ1n) is 9.97. The number of amides is 2. The second-order valence-electron chi connectivity index (χ2n) is 7.25. The zero-order chi connectivity index (χ0) is 20.1. The summed E-state index contributed by atoms with van der Waals surface area (Å²) in [5, 5.41) is 7.25. The number of aromatic nitrogens is 2. The first-order chi connectivity index (χ1) is 14.2. The lowest BCUT2D eigenvalue weighted by atomic mass is 10.1. The molecular weight excluding hydrogens is 364 g/mol. The number of nitrogens with zero attached hydrogens (tertiary/aromatic N) is 3. The van der Waals surface area contributed by atoms with Crippen LogP contribution in [0, 0.1) is 0 Å². The molecule has 6 heteroatoms. The fourth-order valence-corrected chi connectivity index (χ4v) is 3.49. The highest BCUT2D eigenvalue weighted by Gasteiger charge is 2.19. The minimum atomic E-state index is -0.0592. The van der Waals surface area contributed by atoms with Crippen LogP contribution in [0.1, 0.15) is 35.2 Å². The monoisotopic (exact) mass is 388 g/mol. The minimum absolute atomic E-state index is 0.0592. The van der Waals surface area contributed by atoms with Gasteiger partial charge in [-0.1, -0.05) is 18.2 Å². The van der Waals surface area contributed by atoms with Crippen molar-refractivity contribution in [2.75, 3.05) is 18.4 Å². The molecule has 1 aromatic heterocycles. The zero-order valence-corrected chi connectivity index (χ0v) is 16.3. The van der Waals surface area contributed by atoms with Crippen molar-refractivity contribution in [3.63, 3.8) is 0 Å². The molecule has 29 heavy (non-hydrogen) atoms. The summed E-state index contributed by atoms with van der Waals surface area (Å²) in [7, 11) is 0. The van der Waals surface area contributed by atoms with Gasteiger partial charge in [-0.3, -0.25) is 9.59 Å². The highest BCUT2D eigenvalue weighted by Crippen LogP contribution is 2.16. The van der Waals surface area contributed by atoms with Crippen molar-refractivity contribution in [1.29, 1.82) is 0 Å². The summed E-state index contributed by atoms with van der Waals surface area (Å²) in [6, 6.07) is 17.0. The minimum Gasteiger partial charge on any atom is -0.339 e. The van der Waals surface area contributed by atoms with Gasteiger partial charge in [-0.2, -0.15) is 5.10 Å². The van der Waals surface area contributed by atoms with E-state index in [2.05, 4.69) is 10.4 Å². The van der Waals surface area contributed by atoms with E-state index in [1.54, 1.807) is 30.5 Å². The molecule has 3 aromatic rings. The maximum atomic E-state index is 12.4. The molecule has 0 saturated carbocycles. The lowest BCUT2D eigenvalue weighted by Crippen LogP contribution is -2.27. The number of carbonyl (C=O) groups is 2. The van der Waals surface area contributed by atoms with Gasteiger partial charge in [0.15, 0.2) is 0 Å². The molecule has 0 unspecified atom stereocenters. The molecule has 0 radical (unpaired) electrons. The second kappa shape index (κ2) is 8.73. The number of para-hydroxylation sites is 1. The number of hydrogen-bond acceptors (Lipinski definition) is 3. The van der Waals surface area contributed by atoms with E-state index in [0.717, 1.165) is 37.2 Å². The van der Waals surface area contributed by atoms with Crippen LogP contribution in [-0.4, -0.2) is 39.6 Å². The molecule has 0 atom stereocenters. The molecule has 0 aliphatic carbocycles. The lowest BCUT2D eigenvalue weighted by Gasteiger charge is -2.15. The Labute approximate surface area is 170 Å². The Hall–Kier alpha value is -3.41. The number of likely N-dealkylation sites (tertiary alicyclic amines) is 1. The summed E-state index contributed by atoms with van der Waals surface area (Å²) in [4.78, 5) is 26.5. The van der Waals surface area contributed by atoms with Crippen LogP contribution in [0.4, 0.5) is 5.69 Å². The first kappa shape index (κ1) is 18.9. The van der Waals surface area contributed by atoms with Crippen LogP contribution in [-0.2, 0) is 11.2 Å². The Morgan fingerprint density at radius 2 is 1.69 bits per heavy atom. The van der Waals surface area contributed by atoms with E-state index in [1.807, 2.05) is 46.1 Å². The van der Waals surface area contributed by atoms with Crippen molar-refractivity contribution in [2.24, 2.45) is 0 Å². The molecule has 1 aliphatic rings. The van der Waals surface area contributed by atoms with Crippen LogP contribution in [0.2, 0.25) is 0 Å². The summed E-state index contributed by atoms with van der Waals surface area (Å²) >= 11 is 0. The molecule has 2 heterocycles. The van der Waals surface area contributed by atoms with Crippen molar-refractivity contribution in [1.82, 2.24) is 14.7 Å². The molecule has 1 saturated heterocycles. The molecule has 0 bridgehead atoms. The van der Waals surface area contributed by atoms with E-state index < -0.39 is 0 Å². The maximum absolute atomic E-state index is 12.4. The fraction of sp³-hybridized carbons (Fsp3) is 0.261. The van der Waals surface area contributed by atoms with Crippen molar-refractivity contribution >= 4 is 17.5 Å². The molecular formula is C23H24N4O2. The Kier molecular flexibility index (Phi) is 5.70. The number of carbonyl (C=O) groups excluding carboxylic acids is 2. The van der Waals surface area contributed by atoms with Gasteiger partial charge in [0, 0.05) is 37.0 Å². The zero-order valence-electron chi connectivity index (χ0n) is 16.3. The average molecular weight is 388 g/mol. The second-order valence-corrected chi connectivity index (χ2v) is 7.25. The quantitative estimate of drug-likeness (QED) is 0.700. The summed E-state index contributed by atoms with van der Waals surface area (Å²) < 4.78 is 1.81. The van der Waals surface area contributed by atoms with E-state index >= 15 is 0 Å². The SMILES string of the molecule is O=C(CCc1cnn(-c2ccccc2)c1)Nc1ccc(C(=O)N2CCCC2)cc1. The third-order valence-electron chi connectivity index (χ3n) is 5.11. The number of rotatable bonds is 6. The number of hydrogen-bond donors (Lipinski definition) is 1. The van der Waals surface area contributed by atoms with Gasteiger partial charge in [-0.15, -0.1) is 0 Å². The molecule has 1 N–H and O–H groups in total. The Morgan fingerprint density at radius 3 is 2.41 bits per heavy atom. The summed E-state index contributed by atoms with van der Waals surface area (Å²) in [6.07, 6.45) is 6.87. The van der Waals surface area contributed by atoms with Crippen molar-refractivity contribution in [3.05, 3.63) is 78.1 Å². The van der Waals surface area contributed by atoms with Gasteiger partial charge in [0.25, 0.3) is 5.91 Å². The van der Waals surface area contributed by atoms with Gasteiger partial charge in [-0.25, -0.2) is 4.68 Å². The van der Waals surface area contributed by atoms with E-state index in [-0.39, 0.29) is 11.8 Å². The topological polar surface area (TPSA) is 67.2 Å². The third kappa shape index (κ3) is 4.71. The van der Waals surface area contributed by atoms with Crippen LogP contribution in [0.25, 0.3) is 5.69 Å². The number of nitrogens with one attached hydrogen (secondary N) is 1. The van der Waals surface area contributed by atoms with Crippen LogP contribution < -0.4 is 5.32 Å². The van der Waals surface area contributed by atoms with Crippen molar-refractivity contribution in [3.8, 4) is 5.69 Å². The number of aryl methyl sites for hydroxylation is 1. The highest BCUT2D eigenvalue weighted by molar-refractivity contribution is 5.96. The van der Waals surface area contributed by atoms with Crippen LogP contribution >= 0.6 is 0 Å². The van der Waals surface area contributed by atoms with Crippen molar-refractivity contribution < 1.29 is 9.59 Å². The molecule has 1 fully saturated rings. The van der Waals surface area contributed by atoms with E-state index in [0.29, 0.717) is 24.1 Å². The summed E-state index contributed by atoms with van der Waals surface area (Å²) in [5.74, 6) is 0.00638. The summed E-state index contributed by atoms with van der Waals surface area (Å²) in [6.45, 7) is 1.66. The Morgan fingerprint density at radius 1 is 0.966 bits per heavy atom. The van der Waals surface area contributed by atoms with E-state index in [4.69, 9.17) is 0 Å². The Bertz CT molecular complexity index is 974. The number of anilines is 1. The average Bonchev–Trinajstić information content (AvgIpc) is 3.45. The Balaban J connectivity index is 1.28. The first-order valence-corrected chi connectivity index (χ1v) is 9.97. The largest absolute Gasteiger partial charge is 0.339 e. The van der Waals surface area contributed by atoms with Crippen LogP contribution in [0.15, 0.2) is 67.0 Å². The molecule has 2 aromatic carbocycles. The molecule has 6 nitrogen and oxygen atoms in total. The molecule has 4 rings (SSSR count). The smallest absolute Gasteiger partial charge is 0.253 e. The molecule has 1 aliphatic heterocycles. The van der Waals surface area contributed by atoms with Gasteiger partial charge < -0.3 is 10.2 Å². The predicted molar refractivity (Wildman–Crippen MR) is 112 cm³/mol. The predicted octanol–water partition coefficient (Wildman–Crippen LogP) is 3.68. The van der Waals surface area contributed by atoms with Crippen molar-refractivity contribution in [2.45, 2.75) is 25.7 Å². The van der Waals surface area contributed by atoms with Gasteiger partial charge in [0.1, 0.15) is 0 Å². The van der Waals surface area contributed by atoms with E-state index in [9.17, 15) is 9.59 Å². The van der Waals surface area contributed by atoms with Gasteiger partial charge in [0.05, 0.1) is 11.9 Å². The van der Waals surface area contributed by atoms with Crippen LogP contribution in [0.3, 0.4) is 0 Å². The fourth-order valence-electron chi connectivity index (χ4n) is 3.49.